The van der Waals surface area contributed by atoms with Crippen LogP contribution >= 0.6 is 0 Å². The van der Waals surface area contributed by atoms with Crippen molar-refractivity contribution in [3.8, 4) is 11.3 Å². The van der Waals surface area contributed by atoms with Gasteiger partial charge in [-0.25, -0.2) is 4.79 Å². The van der Waals surface area contributed by atoms with E-state index in [-0.39, 0.29) is 49.0 Å². The Labute approximate surface area is 298 Å². The van der Waals surface area contributed by atoms with E-state index in [4.69, 9.17) is 37.9 Å². The summed E-state index contributed by atoms with van der Waals surface area (Å²) in [6, 6.07) is 10.9. The number of methoxy groups -OCH3 is 1. The van der Waals surface area contributed by atoms with Crippen LogP contribution in [0, 0.1) is 0 Å². The fourth-order valence-corrected chi connectivity index (χ4v) is 5.39. The number of amides is 1. The van der Waals surface area contributed by atoms with Crippen LogP contribution in [0.15, 0.2) is 53.3 Å². The molecule has 286 valence electrons. The summed E-state index contributed by atoms with van der Waals surface area (Å²) in [5.41, 5.74) is -0.980. The van der Waals surface area contributed by atoms with Crippen LogP contribution in [-0.4, -0.2) is 123 Å². The van der Waals surface area contributed by atoms with Gasteiger partial charge in [-0.15, -0.1) is 0 Å². The first-order valence-electron chi connectivity index (χ1n) is 16.9. The van der Waals surface area contributed by atoms with E-state index in [2.05, 4.69) is 10.3 Å². The van der Waals surface area contributed by atoms with E-state index in [0.29, 0.717) is 83.4 Å². The number of pyridine rings is 1. The monoisotopic (exact) mass is 738 g/mol. The van der Waals surface area contributed by atoms with E-state index < -0.39 is 35.2 Å². The van der Waals surface area contributed by atoms with Crippen molar-refractivity contribution in [1.29, 1.82) is 0 Å². The molecule has 2 atom stereocenters. The molecule has 2 aromatic carbocycles. The number of halogens is 3. The van der Waals surface area contributed by atoms with Gasteiger partial charge < -0.3 is 48.2 Å². The number of nitrogens with one attached hydrogen (secondary N) is 2. The minimum atomic E-state index is -4.60. The van der Waals surface area contributed by atoms with Crippen molar-refractivity contribution in [2.45, 2.75) is 24.6 Å². The SMILES string of the molecule is COCCOCCOCCOCCOCCOCCOCC(=O)OCC1C[C@@H](c2ccc3cc(-c4ccccc4C(F)(F)F)[nH]c(=O)c3c2)C(=O)N1. The Morgan fingerprint density at radius 2 is 1.35 bits per heavy atom. The fourth-order valence-electron chi connectivity index (χ4n) is 5.39. The van der Waals surface area contributed by atoms with E-state index >= 15 is 0 Å². The third-order valence-corrected chi connectivity index (χ3v) is 7.94. The first-order valence-corrected chi connectivity index (χ1v) is 16.9. The molecule has 1 aliphatic rings. The molecule has 1 aromatic heterocycles. The molecule has 1 fully saturated rings. The van der Waals surface area contributed by atoms with Gasteiger partial charge in [0.25, 0.3) is 5.56 Å². The summed E-state index contributed by atoms with van der Waals surface area (Å²) in [4.78, 5) is 40.4. The summed E-state index contributed by atoms with van der Waals surface area (Å²) in [5, 5.41) is 3.46. The number of carbonyl (C=O) groups excluding carboxylic acids is 2. The Morgan fingerprint density at radius 3 is 1.94 bits per heavy atom. The number of benzene rings is 2. The summed E-state index contributed by atoms with van der Waals surface area (Å²) in [6.07, 6.45) is -4.28. The van der Waals surface area contributed by atoms with Gasteiger partial charge in [0.15, 0.2) is 0 Å². The standard InChI is InChI=1S/C36H45F3N2O11/c1-45-8-9-46-10-11-47-12-13-48-14-15-49-16-17-50-18-19-51-24-33(42)52-23-27-22-30(34(43)40-27)25-6-7-26-21-32(41-35(44)29(26)20-25)28-4-2-3-5-31(28)36(37,38)39/h2-7,20-21,27,30H,8-19,22-24H2,1H3,(H,40,43)(H,41,44)/t27?,30-/m0/s1. The van der Waals surface area contributed by atoms with Gasteiger partial charge in [0, 0.05) is 23.8 Å². The Hall–Kier alpha value is -3.90. The maximum Gasteiger partial charge on any atom is 0.417 e. The molecule has 0 aliphatic carbocycles. The average Bonchev–Trinajstić information content (AvgIpc) is 3.51. The Morgan fingerprint density at radius 1 is 0.769 bits per heavy atom. The minimum absolute atomic E-state index is 0.0352. The van der Waals surface area contributed by atoms with E-state index in [0.717, 1.165) is 6.07 Å². The molecule has 0 spiro atoms. The van der Waals surface area contributed by atoms with Crippen molar-refractivity contribution in [3.63, 3.8) is 0 Å². The molecule has 1 unspecified atom stereocenters. The topological polar surface area (TPSA) is 153 Å². The Balaban J connectivity index is 1.07. The van der Waals surface area contributed by atoms with Gasteiger partial charge >= 0.3 is 12.1 Å². The molecule has 52 heavy (non-hydrogen) atoms. The van der Waals surface area contributed by atoms with Crippen LogP contribution < -0.4 is 10.9 Å². The largest absolute Gasteiger partial charge is 0.462 e. The van der Waals surface area contributed by atoms with Crippen LogP contribution in [0.5, 0.6) is 0 Å². The number of carbonyl (C=O) groups is 2. The highest BCUT2D eigenvalue weighted by Gasteiger charge is 2.35. The summed E-state index contributed by atoms with van der Waals surface area (Å²) in [7, 11) is 1.62. The van der Waals surface area contributed by atoms with E-state index in [9.17, 15) is 27.6 Å². The van der Waals surface area contributed by atoms with Crippen LogP contribution in [0.2, 0.25) is 0 Å². The second-order valence-electron chi connectivity index (χ2n) is 11.7. The van der Waals surface area contributed by atoms with Gasteiger partial charge in [0.2, 0.25) is 5.91 Å². The predicted octanol–water partition coefficient (Wildman–Crippen LogP) is 3.48. The van der Waals surface area contributed by atoms with E-state index in [1.807, 2.05) is 0 Å². The van der Waals surface area contributed by atoms with Crippen LogP contribution in [0.1, 0.15) is 23.5 Å². The van der Waals surface area contributed by atoms with Gasteiger partial charge in [0.05, 0.1) is 96.8 Å². The Kier molecular flexibility index (Phi) is 17.0. The maximum absolute atomic E-state index is 13.6. The van der Waals surface area contributed by atoms with Crippen molar-refractivity contribution in [2.75, 3.05) is 99.6 Å². The average molecular weight is 739 g/mol. The number of aromatic nitrogens is 1. The first-order chi connectivity index (χ1) is 25.2. The molecule has 2 heterocycles. The maximum atomic E-state index is 13.6. The highest BCUT2D eigenvalue weighted by Crippen LogP contribution is 2.37. The normalized spacial score (nSPS) is 16.0. The van der Waals surface area contributed by atoms with Crippen molar-refractivity contribution in [3.05, 3.63) is 70.0 Å². The van der Waals surface area contributed by atoms with Crippen LogP contribution in [0.3, 0.4) is 0 Å². The molecule has 0 saturated carbocycles. The lowest BCUT2D eigenvalue weighted by Gasteiger charge is -2.14. The second kappa shape index (κ2) is 21.6. The van der Waals surface area contributed by atoms with Crippen LogP contribution in [0.25, 0.3) is 22.0 Å². The molecular formula is C36H45F3N2O11. The highest BCUT2D eigenvalue weighted by molar-refractivity contribution is 5.90. The van der Waals surface area contributed by atoms with Gasteiger partial charge in [-0.05, 0) is 35.6 Å². The number of fused-ring (bicyclic) bond motifs is 1. The smallest absolute Gasteiger partial charge is 0.417 e. The summed E-state index contributed by atoms with van der Waals surface area (Å²) in [6.45, 7) is 4.72. The quantitative estimate of drug-likeness (QED) is 0.103. The zero-order chi connectivity index (χ0) is 37.2. The van der Waals surface area contributed by atoms with E-state index in [1.165, 1.54) is 24.3 Å². The molecule has 0 radical (unpaired) electrons. The molecule has 3 aromatic rings. The zero-order valence-corrected chi connectivity index (χ0v) is 29.0. The second-order valence-corrected chi connectivity index (χ2v) is 11.7. The number of H-pyrrole nitrogens is 1. The van der Waals surface area contributed by atoms with Crippen LogP contribution in [-0.2, 0) is 53.7 Å². The molecule has 4 rings (SSSR count). The third kappa shape index (κ3) is 13.3. The van der Waals surface area contributed by atoms with Crippen molar-refractivity contribution in [1.82, 2.24) is 10.3 Å². The number of rotatable bonds is 24. The Bertz CT molecular complexity index is 1620. The van der Waals surface area contributed by atoms with Crippen LogP contribution in [0.4, 0.5) is 13.2 Å². The lowest BCUT2D eigenvalue weighted by atomic mass is 9.93. The predicted molar refractivity (Wildman–Crippen MR) is 182 cm³/mol. The van der Waals surface area contributed by atoms with Crippen molar-refractivity contribution in [2.24, 2.45) is 0 Å². The third-order valence-electron chi connectivity index (χ3n) is 7.94. The van der Waals surface area contributed by atoms with E-state index in [1.54, 1.807) is 25.3 Å². The molecule has 1 aliphatic heterocycles. The molecule has 2 N–H and O–H groups in total. The van der Waals surface area contributed by atoms with Gasteiger partial charge in [-0.2, -0.15) is 13.2 Å². The minimum Gasteiger partial charge on any atom is -0.462 e. The van der Waals surface area contributed by atoms with Gasteiger partial charge in [0.1, 0.15) is 13.2 Å². The number of ether oxygens (including phenoxy) is 8. The van der Waals surface area contributed by atoms with Crippen molar-refractivity contribution < 1.29 is 60.7 Å². The molecule has 13 nitrogen and oxygen atoms in total. The first kappa shape index (κ1) is 40.9. The summed E-state index contributed by atoms with van der Waals surface area (Å²) in [5.74, 6) is -1.49. The fraction of sp³-hybridized carbons (Fsp3) is 0.528. The van der Waals surface area contributed by atoms with Gasteiger partial charge in [-0.1, -0.05) is 30.3 Å². The van der Waals surface area contributed by atoms with Gasteiger partial charge in [-0.3, -0.25) is 9.59 Å². The number of hydrogen-bond donors (Lipinski definition) is 2. The molecular weight excluding hydrogens is 693 g/mol. The zero-order valence-electron chi connectivity index (χ0n) is 29.0. The number of esters is 1. The summed E-state index contributed by atoms with van der Waals surface area (Å²) >= 11 is 0. The summed E-state index contributed by atoms with van der Waals surface area (Å²) < 4.78 is 83.0. The molecule has 1 saturated heterocycles. The lowest BCUT2D eigenvalue weighted by Crippen LogP contribution is -2.31. The molecule has 16 heteroatoms. The number of aromatic amines is 1. The number of alkyl halides is 3. The molecule has 1 amide bonds. The highest BCUT2D eigenvalue weighted by atomic mass is 19.4. The number of hydrogen-bond acceptors (Lipinski definition) is 11. The van der Waals surface area contributed by atoms with Crippen molar-refractivity contribution >= 4 is 22.6 Å². The lowest BCUT2D eigenvalue weighted by molar-refractivity contribution is -0.150. The molecule has 0 bridgehead atoms.